The second kappa shape index (κ2) is 10.5. The van der Waals surface area contributed by atoms with Gasteiger partial charge >= 0.3 is 0 Å². The fourth-order valence-electron chi connectivity index (χ4n) is 4.73. The zero-order valence-electron chi connectivity index (χ0n) is 19.3. The van der Waals surface area contributed by atoms with Crippen molar-refractivity contribution in [2.45, 2.75) is 64.6 Å². The van der Waals surface area contributed by atoms with Gasteiger partial charge in [-0.05, 0) is 60.7 Å². The van der Waals surface area contributed by atoms with Gasteiger partial charge in [0.15, 0.2) is 0 Å². The molecule has 2 aromatic carbocycles. The molecule has 1 amide bonds. The average molecular weight is 431 g/mol. The molecule has 0 N–H and O–H groups in total. The number of nitrogens with zero attached hydrogens (tertiary/aromatic N) is 2. The Bertz CT molecular complexity index is 1020. The van der Waals surface area contributed by atoms with Crippen molar-refractivity contribution >= 4 is 5.91 Å². The van der Waals surface area contributed by atoms with E-state index in [2.05, 4.69) is 59.0 Å². The highest BCUT2D eigenvalue weighted by atomic mass is 16.5. The number of aryl methyl sites for hydroxylation is 1. The summed E-state index contributed by atoms with van der Waals surface area (Å²) < 4.78 is 7.55. The second-order valence-corrected chi connectivity index (χ2v) is 8.89. The monoisotopic (exact) mass is 430 g/mol. The predicted molar refractivity (Wildman–Crippen MR) is 129 cm³/mol. The number of carbonyl (C=O) groups is 1. The average Bonchev–Trinajstić information content (AvgIpc) is 3.26. The van der Waals surface area contributed by atoms with E-state index in [9.17, 15) is 4.79 Å². The van der Waals surface area contributed by atoms with Gasteiger partial charge in [0.05, 0.1) is 20.1 Å². The maximum atomic E-state index is 13.5. The Morgan fingerprint density at radius 1 is 1.00 bits per heavy atom. The molecule has 168 valence electrons. The second-order valence-electron chi connectivity index (χ2n) is 8.89. The normalized spacial score (nSPS) is 14.3. The molecular weight excluding hydrogens is 396 g/mol. The fourth-order valence-corrected chi connectivity index (χ4v) is 4.73. The van der Waals surface area contributed by atoms with Gasteiger partial charge in [-0.2, -0.15) is 0 Å². The molecule has 4 heteroatoms. The van der Waals surface area contributed by atoms with Gasteiger partial charge in [-0.1, -0.05) is 55.7 Å². The first-order valence-corrected chi connectivity index (χ1v) is 11.7. The number of aromatic nitrogens is 1. The fraction of sp³-hybridized carbons (Fsp3) is 0.393. The summed E-state index contributed by atoms with van der Waals surface area (Å²) in [6, 6.07) is 21.0. The molecule has 3 aromatic rings. The van der Waals surface area contributed by atoms with Gasteiger partial charge in [-0.25, -0.2) is 0 Å². The molecule has 0 atom stereocenters. The third-order valence-corrected chi connectivity index (χ3v) is 6.71. The Balaban J connectivity index is 1.53. The van der Waals surface area contributed by atoms with Crippen molar-refractivity contribution in [3.8, 4) is 5.75 Å². The van der Waals surface area contributed by atoms with Crippen LogP contribution < -0.4 is 4.74 Å². The van der Waals surface area contributed by atoms with Crippen LogP contribution in [0.2, 0.25) is 0 Å². The standard InChI is InChI=1S/C28H34N2O2/c1-22-9-6-7-10-24(22)20-29-18-8-13-26(29)21-30(25-11-4-3-5-12-25)28(31)19-23-14-16-27(32-2)17-15-23/h6-10,13-18,25H,3-5,11-12,19-21H2,1-2H3. The lowest BCUT2D eigenvalue weighted by Crippen LogP contribution is -2.42. The molecule has 1 fully saturated rings. The van der Waals surface area contributed by atoms with E-state index >= 15 is 0 Å². The smallest absolute Gasteiger partial charge is 0.227 e. The molecule has 0 bridgehead atoms. The Labute approximate surface area is 191 Å². The van der Waals surface area contributed by atoms with Crippen molar-refractivity contribution < 1.29 is 9.53 Å². The van der Waals surface area contributed by atoms with Gasteiger partial charge < -0.3 is 14.2 Å². The summed E-state index contributed by atoms with van der Waals surface area (Å²) in [5, 5.41) is 0. The van der Waals surface area contributed by atoms with Gasteiger partial charge in [-0.15, -0.1) is 0 Å². The van der Waals surface area contributed by atoms with Crippen LogP contribution in [0, 0.1) is 6.92 Å². The Morgan fingerprint density at radius 2 is 1.75 bits per heavy atom. The van der Waals surface area contributed by atoms with Crippen molar-refractivity contribution in [3.63, 3.8) is 0 Å². The minimum atomic E-state index is 0.214. The number of hydrogen-bond acceptors (Lipinski definition) is 2. The Hall–Kier alpha value is -3.01. The number of carbonyl (C=O) groups excluding carboxylic acids is 1. The quantitative estimate of drug-likeness (QED) is 0.455. The summed E-state index contributed by atoms with van der Waals surface area (Å²) in [6.45, 7) is 3.66. The Morgan fingerprint density at radius 3 is 2.47 bits per heavy atom. The van der Waals surface area contributed by atoms with Crippen molar-refractivity contribution in [2.24, 2.45) is 0 Å². The number of rotatable bonds is 8. The van der Waals surface area contributed by atoms with Crippen LogP contribution in [0.4, 0.5) is 0 Å². The zero-order valence-corrected chi connectivity index (χ0v) is 19.3. The molecule has 0 saturated heterocycles. The SMILES string of the molecule is COc1ccc(CC(=O)N(Cc2cccn2Cc2ccccc2C)C2CCCCC2)cc1. The van der Waals surface area contributed by atoms with Crippen LogP contribution in [0.3, 0.4) is 0 Å². The highest BCUT2D eigenvalue weighted by Crippen LogP contribution is 2.26. The van der Waals surface area contributed by atoms with Crippen LogP contribution in [0.25, 0.3) is 0 Å². The van der Waals surface area contributed by atoms with Crippen LogP contribution in [0.1, 0.15) is 54.5 Å². The molecule has 0 aliphatic heterocycles. The molecule has 1 aromatic heterocycles. The third-order valence-electron chi connectivity index (χ3n) is 6.71. The number of hydrogen-bond donors (Lipinski definition) is 0. The molecular formula is C28H34N2O2. The first kappa shape index (κ1) is 22.2. The third kappa shape index (κ3) is 5.42. The first-order chi connectivity index (χ1) is 15.6. The van der Waals surface area contributed by atoms with Crippen LogP contribution in [-0.2, 0) is 24.3 Å². The molecule has 1 heterocycles. The largest absolute Gasteiger partial charge is 0.497 e. The van der Waals surface area contributed by atoms with Crippen LogP contribution in [0.5, 0.6) is 5.75 Å². The van der Waals surface area contributed by atoms with E-state index in [1.165, 1.54) is 36.1 Å². The van der Waals surface area contributed by atoms with Crippen LogP contribution in [0.15, 0.2) is 66.9 Å². The summed E-state index contributed by atoms with van der Waals surface area (Å²) in [4.78, 5) is 15.6. The summed E-state index contributed by atoms with van der Waals surface area (Å²) >= 11 is 0. The molecule has 0 radical (unpaired) electrons. The van der Waals surface area contributed by atoms with Gasteiger partial charge in [-0.3, -0.25) is 4.79 Å². The molecule has 1 saturated carbocycles. The van der Waals surface area contributed by atoms with E-state index in [4.69, 9.17) is 4.74 Å². The molecule has 0 unspecified atom stereocenters. The summed E-state index contributed by atoms with van der Waals surface area (Å²) in [5.41, 5.74) is 4.85. The Kier molecular flexibility index (Phi) is 7.31. The van der Waals surface area contributed by atoms with Gasteiger partial charge in [0, 0.05) is 24.5 Å². The predicted octanol–water partition coefficient (Wildman–Crippen LogP) is 5.76. The number of methoxy groups -OCH3 is 1. The van der Waals surface area contributed by atoms with Gasteiger partial charge in [0.2, 0.25) is 5.91 Å². The highest BCUT2D eigenvalue weighted by molar-refractivity contribution is 5.79. The van der Waals surface area contributed by atoms with E-state index in [-0.39, 0.29) is 5.91 Å². The van der Waals surface area contributed by atoms with Crippen LogP contribution >= 0.6 is 0 Å². The number of benzene rings is 2. The van der Waals surface area contributed by atoms with Crippen molar-refractivity contribution in [1.82, 2.24) is 9.47 Å². The van der Waals surface area contributed by atoms with Gasteiger partial charge in [0.1, 0.15) is 5.75 Å². The lowest BCUT2D eigenvalue weighted by atomic mass is 9.93. The summed E-state index contributed by atoms with van der Waals surface area (Å²) in [7, 11) is 1.66. The molecule has 0 spiro atoms. The zero-order chi connectivity index (χ0) is 22.3. The molecule has 1 aliphatic carbocycles. The van der Waals surface area contributed by atoms with Gasteiger partial charge in [0.25, 0.3) is 0 Å². The maximum Gasteiger partial charge on any atom is 0.227 e. The molecule has 4 nitrogen and oxygen atoms in total. The summed E-state index contributed by atoms with van der Waals surface area (Å²) in [5.74, 6) is 1.03. The van der Waals surface area contributed by atoms with E-state index in [1.54, 1.807) is 7.11 Å². The number of amides is 1. The number of ether oxygens (including phenoxy) is 1. The lowest BCUT2D eigenvalue weighted by Gasteiger charge is -2.35. The van der Waals surface area contributed by atoms with E-state index < -0.39 is 0 Å². The highest BCUT2D eigenvalue weighted by Gasteiger charge is 2.26. The maximum absolute atomic E-state index is 13.5. The summed E-state index contributed by atoms with van der Waals surface area (Å²) in [6.07, 6.45) is 8.47. The lowest BCUT2D eigenvalue weighted by molar-refractivity contribution is -0.134. The van der Waals surface area contributed by atoms with E-state index in [1.807, 2.05) is 24.3 Å². The van der Waals surface area contributed by atoms with Crippen LogP contribution in [-0.4, -0.2) is 28.5 Å². The van der Waals surface area contributed by atoms with Crippen molar-refractivity contribution in [2.75, 3.05) is 7.11 Å². The first-order valence-electron chi connectivity index (χ1n) is 11.7. The van der Waals surface area contributed by atoms with Crippen molar-refractivity contribution in [1.29, 1.82) is 0 Å². The minimum absolute atomic E-state index is 0.214. The molecule has 1 aliphatic rings. The topological polar surface area (TPSA) is 34.5 Å². The van der Waals surface area contributed by atoms with Crippen molar-refractivity contribution in [3.05, 3.63) is 89.2 Å². The molecule has 32 heavy (non-hydrogen) atoms. The van der Waals surface area contributed by atoms with E-state index in [0.29, 0.717) is 19.0 Å². The molecule has 4 rings (SSSR count). The van der Waals surface area contributed by atoms with E-state index in [0.717, 1.165) is 30.7 Å². The minimum Gasteiger partial charge on any atom is -0.497 e.